The number of nitrogens with one attached hydrogen (secondary N) is 1. The van der Waals surface area contributed by atoms with Crippen LogP contribution in [0.25, 0.3) is 0 Å². The highest BCUT2D eigenvalue weighted by molar-refractivity contribution is 5.91. The molecular formula is C12H12N4O3. The third-order valence-electron chi connectivity index (χ3n) is 2.42. The molecule has 0 saturated heterocycles. The molecule has 0 bridgehead atoms. The number of carbonyl (C=O) groups excluding carboxylic acids is 1. The lowest BCUT2D eigenvalue weighted by Crippen LogP contribution is -2.14. The topological polar surface area (TPSA) is 97.1 Å². The van der Waals surface area contributed by atoms with Gasteiger partial charge < -0.3 is 15.0 Å². The van der Waals surface area contributed by atoms with E-state index in [9.17, 15) is 9.59 Å². The fourth-order valence-corrected chi connectivity index (χ4v) is 1.47. The number of nitrogens with zero attached hydrogens (tertiary/aromatic N) is 3. The predicted octanol–water partition coefficient (Wildman–Crippen LogP) is 1.01. The molecule has 1 amide bonds. The lowest BCUT2D eigenvalue weighted by molar-refractivity contribution is -0.116. The molecule has 98 valence electrons. The van der Waals surface area contributed by atoms with Crippen LogP contribution in [0.4, 0.5) is 5.69 Å². The van der Waals surface area contributed by atoms with E-state index in [0.717, 1.165) is 0 Å². The first-order chi connectivity index (χ1) is 9.15. The van der Waals surface area contributed by atoms with Gasteiger partial charge in [0, 0.05) is 25.4 Å². The van der Waals surface area contributed by atoms with Crippen molar-refractivity contribution in [2.75, 3.05) is 5.32 Å². The van der Waals surface area contributed by atoms with E-state index in [-0.39, 0.29) is 11.6 Å². The molecule has 0 aliphatic rings. The van der Waals surface area contributed by atoms with Gasteiger partial charge in [-0.15, -0.1) is 0 Å². The smallest absolute Gasteiger partial charge is 0.354 e. The summed E-state index contributed by atoms with van der Waals surface area (Å²) in [5.74, 6) is -1.27. The summed E-state index contributed by atoms with van der Waals surface area (Å²) in [6.45, 7) is 0.534. The molecule has 0 aliphatic carbocycles. The molecule has 0 radical (unpaired) electrons. The molecule has 7 nitrogen and oxygen atoms in total. The Morgan fingerprint density at radius 3 is 2.79 bits per heavy atom. The minimum Gasteiger partial charge on any atom is -0.477 e. The maximum Gasteiger partial charge on any atom is 0.354 e. The molecule has 2 N–H and O–H groups in total. The minimum atomic E-state index is -1.10. The van der Waals surface area contributed by atoms with Crippen LogP contribution in [0.5, 0.6) is 0 Å². The summed E-state index contributed by atoms with van der Waals surface area (Å²) in [6.07, 6.45) is 6.68. The quantitative estimate of drug-likeness (QED) is 0.836. The number of aryl methyl sites for hydroxylation is 1. The summed E-state index contributed by atoms with van der Waals surface area (Å²) < 4.78 is 1.80. The fraction of sp³-hybridized carbons (Fsp3) is 0.167. The summed E-state index contributed by atoms with van der Waals surface area (Å²) in [7, 11) is 0. The van der Waals surface area contributed by atoms with Crippen molar-refractivity contribution < 1.29 is 14.7 Å². The molecular weight excluding hydrogens is 248 g/mol. The Kier molecular flexibility index (Phi) is 3.87. The Hall–Kier alpha value is -2.70. The fourth-order valence-electron chi connectivity index (χ4n) is 1.47. The van der Waals surface area contributed by atoms with E-state index >= 15 is 0 Å². The number of carbonyl (C=O) groups is 2. The average Bonchev–Trinajstić information content (AvgIpc) is 2.90. The van der Waals surface area contributed by atoms with Crippen LogP contribution in [-0.4, -0.2) is 31.5 Å². The van der Waals surface area contributed by atoms with Crippen molar-refractivity contribution in [3.63, 3.8) is 0 Å². The number of carboxylic acid groups (broad SMARTS) is 1. The van der Waals surface area contributed by atoms with E-state index in [1.807, 2.05) is 0 Å². The molecule has 2 aromatic rings. The van der Waals surface area contributed by atoms with Gasteiger partial charge in [-0.2, -0.15) is 0 Å². The van der Waals surface area contributed by atoms with Gasteiger partial charge in [-0.25, -0.2) is 14.8 Å². The number of amides is 1. The SMILES string of the molecule is O=C(CCn1ccnc1)Nc1ccc(C(=O)O)nc1. The zero-order valence-corrected chi connectivity index (χ0v) is 9.98. The summed E-state index contributed by atoms with van der Waals surface area (Å²) in [6, 6.07) is 2.85. The van der Waals surface area contributed by atoms with Crippen LogP contribution in [-0.2, 0) is 11.3 Å². The Labute approximate surface area is 108 Å². The summed E-state index contributed by atoms with van der Waals surface area (Å²) >= 11 is 0. The van der Waals surface area contributed by atoms with Gasteiger partial charge in [-0.05, 0) is 12.1 Å². The Balaban J connectivity index is 1.86. The van der Waals surface area contributed by atoms with Gasteiger partial charge in [0.2, 0.25) is 5.91 Å². The monoisotopic (exact) mass is 260 g/mol. The van der Waals surface area contributed by atoms with Crippen molar-refractivity contribution in [1.82, 2.24) is 14.5 Å². The normalized spacial score (nSPS) is 10.1. The Morgan fingerprint density at radius 1 is 1.37 bits per heavy atom. The number of hydrogen-bond acceptors (Lipinski definition) is 4. The number of anilines is 1. The summed E-state index contributed by atoms with van der Waals surface area (Å²) in [5, 5.41) is 11.3. The number of hydrogen-bond donors (Lipinski definition) is 2. The maximum atomic E-state index is 11.6. The Bertz CT molecular complexity index is 563. The molecule has 0 atom stereocenters. The van der Waals surface area contributed by atoms with Crippen molar-refractivity contribution in [1.29, 1.82) is 0 Å². The molecule has 2 rings (SSSR count). The maximum absolute atomic E-state index is 11.6. The number of aromatic carboxylic acids is 1. The van der Waals surface area contributed by atoms with Crippen molar-refractivity contribution in [2.24, 2.45) is 0 Å². The van der Waals surface area contributed by atoms with Crippen molar-refractivity contribution in [3.05, 3.63) is 42.7 Å². The number of carboxylic acids is 1. The van der Waals surface area contributed by atoms with Gasteiger partial charge in [-0.1, -0.05) is 0 Å². The number of imidazole rings is 1. The van der Waals surface area contributed by atoms with E-state index in [4.69, 9.17) is 5.11 Å². The molecule has 2 aromatic heterocycles. The van der Waals surface area contributed by atoms with Crippen LogP contribution in [0, 0.1) is 0 Å². The molecule has 0 fully saturated rings. The highest BCUT2D eigenvalue weighted by atomic mass is 16.4. The molecule has 2 heterocycles. The molecule has 19 heavy (non-hydrogen) atoms. The van der Waals surface area contributed by atoms with E-state index in [1.54, 1.807) is 23.3 Å². The van der Waals surface area contributed by atoms with Crippen molar-refractivity contribution in [2.45, 2.75) is 13.0 Å². The van der Waals surface area contributed by atoms with Crippen molar-refractivity contribution in [3.8, 4) is 0 Å². The molecule has 7 heteroatoms. The van der Waals surface area contributed by atoms with E-state index in [0.29, 0.717) is 18.7 Å². The molecule has 0 unspecified atom stereocenters. The van der Waals surface area contributed by atoms with Crippen molar-refractivity contribution >= 4 is 17.6 Å². The summed E-state index contributed by atoms with van der Waals surface area (Å²) in [4.78, 5) is 29.8. The molecule has 0 aliphatic heterocycles. The first kappa shape index (κ1) is 12.7. The van der Waals surface area contributed by atoms with Gasteiger partial charge in [0.1, 0.15) is 5.69 Å². The van der Waals surface area contributed by atoms with Crippen LogP contribution >= 0.6 is 0 Å². The lowest BCUT2D eigenvalue weighted by atomic mass is 10.3. The second-order valence-electron chi connectivity index (χ2n) is 3.84. The first-order valence-electron chi connectivity index (χ1n) is 5.60. The van der Waals surface area contributed by atoms with Gasteiger partial charge in [-0.3, -0.25) is 4.79 Å². The molecule has 0 spiro atoms. The highest BCUT2D eigenvalue weighted by Gasteiger charge is 2.06. The van der Waals surface area contributed by atoms with Crippen LogP contribution in [0.15, 0.2) is 37.1 Å². The molecule has 0 saturated carbocycles. The lowest BCUT2D eigenvalue weighted by Gasteiger charge is -2.05. The van der Waals surface area contributed by atoms with E-state index in [2.05, 4.69) is 15.3 Å². The second-order valence-corrected chi connectivity index (χ2v) is 3.84. The number of aromatic nitrogens is 3. The van der Waals surface area contributed by atoms with Gasteiger partial charge >= 0.3 is 5.97 Å². The predicted molar refractivity (Wildman–Crippen MR) is 66.7 cm³/mol. The minimum absolute atomic E-state index is 0.0589. The molecule has 0 aromatic carbocycles. The van der Waals surface area contributed by atoms with Gasteiger partial charge in [0.15, 0.2) is 0 Å². The van der Waals surface area contributed by atoms with E-state index in [1.165, 1.54) is 18.3 Å². The van der Waals surface area contributed by atoms with Crippen LogP contribution in [0.1, 0.15) is 16.9 Å². The van der Waals surface area contributed by atoms with Gasteiger partial charge in [0.25, 0.3) is 0 Å². The van der Waals surface area contributed by atoms with E-state index < -0.39 is 5.97 Å². The third kappa shape index (κ3) is 3.63. The standard InChI is InChI=1S/C12H12N4O3/c17-11(3-5-16-6-4-13-8-16)15-9-1-2-10(12(18)19)14-7-9/h1-2,4,6-8H,3,5H2,(H,15,17)(H,18,19). The average molecular weight is 260 g/mol. The summed E-state index contributed by atoms with van der Waals surface area (Å²) in [5.41, 5.74) is 0.414. The second kappa shape index (κ2) is 5.76. The first-order valence-corrected chi connectivity index (χ1v) is 5.60. The highest BCUT2D eigenvalue weighted by Crippen LogP contribution is 2.07. The van der Waals surface area contributed by atoms with Gasteiger partial charge in [0.05, 0.1) is 18.2 Å². The third-order valence-corrected chi connectivity index (χ3v) is 2.42. The number of pyridine rings is 1. The largest absolute Gasteiger partial charge is 0.477 e. The Morgan fingerprint density at radius 2 is 2.21 bits per heavy atom. The zero-order chi connectivity index (χ0) is 13.7. The van der Waals surface area contributed by atoms with Crippen LogP contribution < -0.4 is 5.32 Å². The number of rotatable bonds is 5. The van der Waals surface area contributed by atoms with Crippen LogP contribution in [0.3, 0.4) is 0 Å². The zero-order valence-electron chi connectivity index (χ0n) is 9.98. The van der Waals surface area contributed by atoms with Crippen LogP contribution in [0.2, 0.25) is 0 Å².